The normalized spacial score (nSPS) is 18.0. The van der Waals surface area contributed by atoms with Gasteiger partial charge in [-0.15, -0.1) is 0 Å². The van der Waals surface area contributed by atoms with Crippen molar-refractivity contribution in [2.24, 2.45) is 0 Å². The molecule has 0 bridgehead atoms. The minimum Gasteiger partial charge on any atom is -0.491 e. The summed E-state index contributed by atoms with van der Waals surface area (Å²) >= 11 is 0. The number of nitrogens with zero attached hydrogens (tertiary/aromatic N) is 2. The van der Waals surface area contributed by atoms with E-state index in [1.54, 1.807) is 18.3 Å². The predicted molar refractivity (Wildman–Crippen MR) is 78.5 cm³/mol. The number of rotatable bonds is 6. The summed E-state index contributed by atoms with van der Waals surface area (Å²) in [6.07, 6.45) is 3.55. The van der Waals surface area contributed by atoms with E-state index >= 15 is 0 Å². The largest absolute Gasteiger partial charge is 0.491 e. The zero-order valence-corrected chi connectivity index (χ0v) is 12.6. The highest BCUT2D eigenvalue weighted by Crippen LogP contribution is 2.18. The van der Waals surface area contributed by atoms with Crippen molar-refractivity contribution in [2.45, 2.75) is 32.4 Å². The van der Waals surface area contributed by atoms with Gasteiger partial charge in [0, 0.05) is 19.3 Å². The van der Waals surface area contributed by atoms with Gasteiger partial charge in [-0.05, 0) is 31.9 Å². The maximum Gasteiger partial charge on any atom is 0.293 e. The second kappa shape index (κ2) is 7.26. The summed E-state index contributed by atoms with van der Waals surface area (Å²) in [4.78, 5) is 26.3. The van der Waals surface area contributed by atoms with E-state index in [1.165, 1.54) is 11.7 Å². The monoisotopic (exact) mass is 294 g/mol. The summed E-state index contributed by atoms with van der Waals surface area (Å²) in [5.41, 5.74) is -0.283. The van der Waals surface area contributed by atoms with Crippen LogP contribution in [0.2, 0.25) is 0 Å². The van der Waals surface area contributed by atoms with E-state index in [9.17, 15) is 9.59 Å². The van der Waals surface area contributed by atoms with Crippen molar-refractivity contribution in [1.82, 2.24) is 9.47 Å². The molecule has 0 radical (unpaired) electrons. The second-order valence-electron chi connectivity index (χ2n) is 5.05. The van der Waals surface area contributed by atoms with Crippen LogP contribution in [0, 0.1) is 0 Å². The number of aromatic nitrogens is 1. The first kappa shape index (κ1) is 15.6. The topological polar surface area (TPSA) is 60.8 Å². The number of carbonyl (C=O) groups excluding carboxylic acids is 1. The molecule has 0 saturated carbocycles. The Bertz CT molecular complexity index is 541. The van der Waals surface area contributed by atoms with Crippen molar-refractivity contribution in [3.05, 3.63) is 28.7 Å². The van der Waals surface area contributed by atoms with E-state index in [4.69, 9.17) is 9.47 Å². The fourth-order valence-corrected chi connectivity index (χ4v) is 2.62. The lowest BCUT2D eigenvalue weighted by Crippen LogP contribution is -2.41. The summed E-state index contributed by atoms with van der Waals surface area (Å²) in [6.45, 7) is 3.92. The van der Waals surface area contributed by atoms with Gasteiger partial charge in [0.2, 0.25) is 5.91 Å². The van der Waals surface area contributed by atoms with Crippen LogP contribution in [0.4, 0.5) is 0 Å². The standard InChI is InChI=1S/C15H22N2O4/c1-3-21-11-12-6-4-9-17(12)14(18)10-16-8-5-7-13(20-2)15(16)19/h5,7-8,12H,3-4,6,9-11H2,1-2H3/t12-/m0/s1. The summed E-state index contributed by atoms with van der Waals surface area (Å²) in [5, 5.41) is 0. The fraction of sp³-hybridized carbons (Fsp3) is 0.600. The molecule has 1 fully saturated rings. The molecular formula is C15H22N2O4. The highest BCUT2D eigenvalue weighted by atomic mass is 16.5. The van der Waals surface area contributed by atoms with E-state index < -0.39 is 0 Å². The van der Waals surface area contributed by atoms with E-state index in [0.717, 1.165) is 19.4 Å². The average molecular weight is 294 g/mol. The van der Waals surface area contributed by atoms with Crippen LogP contribution in [-0.2, 0) is 16.1 Å². The van der Waals surface area contributed by atoms with Crippen LogP contribution in [0.3, 0.4) is 0 Å². The minimum atomic E-state index is -0.283. The Morgan fingerprint density at radius 2 is 2.29 bits per heavy atom. The van der Waals surface area contributed by atoms with Gasteiger partial charge in [-0.3, -0.25) is 9.59 Å². The molecule has 2 heterocycles. The highest BCUT2D eigenvalue weighted by Gasteiger charge is 2.28. The van der Waals surface area contributed by atoms with Crippen molar-refractivity contribution < 1.29 is 14.3 Å². The molecule has 0 N–H and O–H groups in total. The Morgan fingerprint density at radius 1 is 1.48 bits per heavy atom. The van der Waals surface area contributed by atoms with E-state index in [1.807, 2.05) is 11.8 Å². The summed E-state index contributed by atoms with van der Waals surface area (Å²) in [5.74, 6) is 0.199. The molecule has 21 heavy (non-hydrogen) atoms. The molecule has 6 nitrogen and oxygen atoms in total. The van der Waals surface area contributed by atoms with E-state index in [-0.39, 0.29) is 29.8 Å². The lowest BCUT2D eigenvalue weighted by molar-refractivity contribution is -0.133. The average Bonchev–Trinajstić information content (AvgIpc) is 2.95. The van der Waals surface area contributed by atoms with Gasteiger partial charge >= 0.3 is 0 Å². The molecule has 2 rings (SSSR count). The van der Waals surface area contributed by atoms with Gasteiger partial charge in [-0.2, -0.15) is 0 Å². The summed E-state index contributed by atoms with van der Waals surface area (Å²) in [7, 11) is 1.45. The molecule has 0 spiro atoms. The van der Waals surface area contributed by atoms with Crippen molar-refractivity contribution in [3.8, 4) is 5.75 Å². The van der Waals surface area contributed by atoms with Crippen LogP contribution < -0.4 is 10.3 Å². The molecule has 1 aromatic heterocycles. The van der Waals surface area contributed by atoms with Gasteiger partial charge in [-0.25, -0.2) is 0 Å². The second-order valence-corrected chi connectivity index (χ2v) is 5.05. The summed E-state index contributed by atoms with van der Waals surface area (Å²) in [6, 6.07) is 3.42. The number of hydrogen-bond donors (Lipinski definition) is 0. The number of pyridine rings is 1. The third-order valence-corrected chi connectivity index (χ3v) is 3.72. The molecular weight excluding hydrogens is 272 g/mol. The van der Waals surface area contributed by atoms with Gasteiger partial charge in [0.05, 0.1) is 19.8 Å². The number of likely N-dealkylation sites (tertiary alicyclic amines) is 1. The Morgan fingerprint density at radius 3 is 3.00 bits per heavy atom. The fourth-order valence-electron chi connectivity index (χ4n) is 2.62. The van der Waals surface area contributed by atoms with Crippen molar-refractivity contribution in [2.75, 3.05) is 26.9 Å². The highest BCUT2D eigenvalue weighted by molar-refractivity contribution is 5.76. The van der Waals surface area contributed by atoms with Crippen molar-refractivity contribution >= 4 is 5.91 Å². The lowest BCUT2D eigenvalue weighted by Gasteiger charge is -2.24. The Kier molecular flexibility index (Phi) is 5.38. The molecule has 116 valence electrons. The maximum absolute atomic E-state index is 12.4. The number of ether oxygens (including phenoxy) is 2. The van der Waals surface area contributed by atoms with Crippen LogP contribution in [0.15, 0.2) is 23.1 Å². The van der Waals surface area contributed by atoms with Crippen molar-refractivity contribution in [1.29, 1.82) is 0 Å². The number of amides is 1. The SMILES string of the molecule is CCOC[C@@H]1CCCN1C(=O)Cn1cccc(OC)c1=O. The predicted octanol–water partition coefficient (Wildman–Crippen LogP) is 0.884. The van der Waals surface area contributed by atoms with Gasteiger partial charge in [0.25, 0.3) is 5.56 Å². The van der Waals surface area contributed by atoms with Crippen LogP contribution in [-0.4, -0.2) is 48.3 Å². The van der Waals surface area contributed by atoms with Crippen LogP contribution in [0.25, 0.3) is 0 Å². The molecule has 0 aromatic carbocycles. The third kappa shape index (κ3) is 3.64. The zero-order chi connectivity index (χ0) is 15.2. The Hall–Kier alpha value is -1.82. The minimum absolute atomic E-state index is 0.0403. The Balaban J connectivity index is 2.05. The lowest BCUT2D eigenvalue weighted by atomic mass is 10.2. The zero-order valence-electron chi connectivity index (χ0n) is 12.6. The first-order chi connectivity index (χ1) is 10.2. The maximum atomic E-state index is 12.4. The van der Waals surface area contributed by atoms with E-state index in [0.29, 0.717) is 13.2 Å². The Labute approximate surface area is 124 Å². The first-order valence-electron chi connectivity index (χ1n) is 7.28. The first-order valence-corrected chi connectivity index (χ1v) is 7.28. The third-order valence-electron chi connectivity index (χ3n) is 3.72. The van der Waals surface area contributed by atoms with Crippen LogP contribution in [0.1, 0.15) is 19.8 Å². The van der Waals surface area contributed by atoms with Gasteiger partial charge < -0.3 is 18.9 Å². The number of hydrogen-bond acceptors (Lipinski definition) is 4. The molecule has 0 aliphatic carbocycles. The molecule has 1 saturated heterocycles. The molecule has 1 atom stereocenters. The number of carbonyl (C=O) groups is 1. The molecule has 1 amide bonds. The summed E-state index contributed by atoms with van der Waals surface area (Å²) < 4.78 is 11.8. The van der Waals surface area contributed by atoms with Crippen molar-refractivity contribution in [3.63, 3.8) is 0 Å². The quantitative estimate of drug-likeness (QED) is 0.781. The number of methoxy groups -OCH3 is 1. The van der Waals surface area contributed by atoms with Crippen LogP contribution in [0.5, 0.6) is 5.75 Å². The molecule has 1 aliphatic heterocycles. The smallest absolute Gasteiger partial charge is 0.293 e. The van der Waals surface area contributed by atoms with Gasteiger partial charge in [0.15, 0.2) is 5.75 Å². The molecule has 1 aromatic rings. The van der Waals surface area contributed by atoms with Gasteiger partial charge in [0.1, 0.15) is 6.54 Å². The van der Waals surface area contributed by atoms with Crippen LogP contribution >= 0.6 is 0 Å². The van der Waals surface area contributed by atoms with Gasteiger partial charge in [-0.1, -0.05) is 0 Å². The molecule has 1 aliphatic rings. The molecule has 0 unspecified atom stereocenters. The van der Waals surface area contributed by atoms with E-state index in [2.05, 4.69) is 0 Å². The molecule has 6 heteroatoms.